The average molecular weight is 269 g/mol. The monoisotopic (exact) mass is 269 g/mol. The van der Waals surface area contributed by atoms with Gasteiger partial charge in [0.15, 0.2) is 0 Å². The first-order chi connectivity index (χ1) is 9.19. The van der Waals surface area contributed by atoms with Gasteiger partial charge in [-0.05, 0) is 19.3 Å². The molecular formula is C12H23N5O2. The summed E-state index contributed by atoms with van der Waals surface area (Å²) in [5.41, 5.74) is 0. The Bertz CT molecular complexity index is 375. The van der Waals surface area contributed by atoms with Gasteiger partial charge < -0.3 is 20.5 Å². The molecule has 0 aliphatic heterocycles. The molecule has 0 amide bonds. The largest absolute Gasteiger partial charge is 0.463 e. The van der Waals surface area contributed by atoms with E-state index < -0.39 is 0 Å². The lowest BCUT2D eigenvalue weighted by Crippen LogP contribution is -2.17. The highest BCUT2D eigenvalue weighted by atomic mass is 16.5. The van der Waals surface area contributed by atoms with Crippen molar-refractivity contribution in [2.45, 2.75) is 27.2 Å². The first-order valence-electron chi connectivity index (χ1n) is 6.67. The molecule has 3 N–H and O–H groups in total. The highest BCUT2D eigenvalue weighted by Crippen LogP contribution is 2.11. The molecule has 0 saturated carbocycles. The zero-order valence-corrected chi connectivity index (χ0v) is 11.8. The molecular weight excluding hydrogens is 246 g/mol. The Morgan fingerprint density at radius 3 is 2.42 bits per heavy atom. The van der Waals surface area contributed by atoms with Gasteiger partial charge in [0.05, 0.1) is 6.61 Å². The predicted octanol–water partition coefficient (Wildman–Crippen LogP) is 1.13. The van der Waals surface area contributed by atoms with Crippen molar-refractivity contribution in [1.29, 1.82) is 0 Å². The normalized spacial score (nSPS) is 12.0. The maximum absolute atomic E-state index is 8.99. The number of anilines is 2. The number of aliphatic hydroxyl groups excluding tert-OH is 1. The first-order valence-corrected chi connectivity index (χ1v) is 6.67. The van der Waals surface area contributed by atoms with E-state index in [-0.39, 0.29) is 12.5 Å². The van der Waals surface area contributed by atoms with Crippen LogP contribution in [-0.4, -0.2) is 46.4 Å². The summed E-state index contributed by atoms with van der Waals surface area (Å²) in [6.45, 7) is 7.95. The molecule has 0 aliphatic rings. The number of aliphatic hydroxyl groups is 1. The standard InChI is InChI=1S/C12H23N5O2/c1-4-6-19-12-16-10(13-5-2)15-11(17-12)14-7-9(3)8-18/h9,18H,4-8H2,1-3H3,(H2,13,14,15,16,17). The van der Waals surface area contributed by atoms with Crippen LogP contribution in [0.15, 0.2) is 0 Å². The number of hydrogen-bond acceptors (Lipinski definition) is 7. The van der Waals surface area contributed by atoms with Gasteiger partial charge in [-0.3, -0.25) is 0 Å². The molecule has 0 saturated heterocycles. The fraction of sp³-hybridized carbons (Fsp3) is 0.750. The zero-order chi connectivity index (χ0) is 14.1. The van der Waals surface area contributed by atoms with E-state index in [4.69, 9.17) is 9.84 Å². The van der Waals surface area contributed by atoms with E-state index in [1.807, 2.05) is 20.8 Å². The molecule has 1 aromatic heterocycles. The summed E-state index contributed by atoms with van der Waals surface area (Å²) >= 11 is 0. The van der Waals surface area contributed by atoms with Crippen molar-refractivity contribution >= 4 is 11.9 Å². The summed E-state index contributed by atoms with van der Waals surface area (Å²) in [5.74, 6) is 1.08. The fourth-order valence-corrected chi connectivity index (χ4v) is 1.26. The van der Waals surface area contributed by atoms with Gasteiger partial charge in [-0.2, -0.15) is 15.0 Å². The van der Waals surface area contributed by atoms with Gasteiger partial charge in [-0.1, -0.05) is 13.8 Å². The Kier molecular flexibility index (Phi) is 6.88. The number of ether oxygens (including phenoxy) is 1. The van der Waals surface area contributed by atoms with E-state index in [0.29, 0.717) is 31.1 Å². The summed E-state index contributed by atoms with van der Waals surface area (Å²) < 4.78 is 5.42. The molecule has 1 unspecified atom stereocenters. The van der Waals surface area contributed by atoms with E-state index in [2.05, 4.69) is 25.6 Å². The number of nitrogens with zero attached hydrogens (tertiary/aromatic N) is 3. The van der Waals surface area contributed by atoms with E-state index in [1.165, 1.54) is 0 Å². The van der Waals surface area contributed by atoms with E-state index >= 15 is 0 Å². The van der Waals surface area contributed by atoms with Crippen molar-refractivity contribution in [3.8, 4) is 6.01 Å². The van der Waals surface area contributed by atoms with Gasteiger partial charge in [-0.15, -0.1) is 0 Å². The number of hydrogen-bond donors (Lipinski definition) is 3. The van der Waals surface area contributed by atoms with E-state index in [0.717, 1.165) is 13.0 Å². The third kappa shape index (κ3) is 5.69. The van der Waals surface area contributed by atoms with Crippen molar-refractivity contribution < 1.29 is 9.84 Å². The minimum atomic E-state index is 0.122. The molecule has 7 nitrogen and oxygen atoms in total. The Morgan fingerprint density at radius 2 is 1.84 bits per heavy atom. The van der Waals surface area contributed by atoms with Gasteiger partial charge >= 0.3 is 6.01 Å². The molecule has 1 atom stereocenters. The second kappa shape index (κ2) is 8.47. The van der Waals surface area contributed by atoms with Crippen molar-refractivity contribution in [1.82, 2.24) is 15.0 Å². The Labute approximate surface area is 113 Å². The average Bonchev–Trinajstić information content (AvgIpc) is 2.42. The van der Waals surface area contributed by atoms with Crippen LogP contribution in [0.25, 0.3) is 0 Å². The smallest absolute Gasteiger partial charge is 0.323 e. The molecule has 1 rings (SSSR count). The molecule has 1 aromatic rings. The molecule has 0 fully saturated rings. The van der Waals surface area contributed by atoms with Crippen LogP contribution in [0.5, 0.6) is 6.01 Å². The Hall–Kier alpha value is -1.63. The molecule has 0 spiro atoms. The van der Waals surface area contributed by atoms with Crippen molar-refractivity contribution in [3.63, 3.8) is 0 Å². The molecule has 7 heteroatoms. The lowest BCUT2D eigenvalue weighted by atomic mass is 10.2. The molecule has 0 radical (unpaired) electrons. The van der Waals surface area contributed by atoms with Crippen LogP contribution in [0, 0.1) is 5.92 Å². The summed E-state index contributed by atoms with van der Waals surface area (Å²) in [6, 6.07) is 0.312. The van der Waals surface area contributed by atoms with Crippen molar-refractivity contribution in [3.05, 3.63) is 0 Å². The minimum Gasteiger partial charge on any atom is -0.463 e. The third-order valence-corrected chi connectivity index (χ3v) is 2.31. The van der Waals surface area contributed by atoms with Crippen LogP contribution in [0.1, 0.15) is 27.2 Å². The zero-order valence-electron chi connectivity index (χ0n) is 11.8. The highest BCUT2D eigenvalue weighted by Gasteiger charge is 2.08. The molecule has 0 aliphatic carbocycles. The molecule has 0 bridgehead atoms. The van der Waals surface area contributed by atoms with Gasteiger partial charge in [0.25, 0.3) is 0 Å². The second-order valence-corrected chi connectivity index (χ2v) is 4.31. The molecule has 0 aromatic carbocycles. The van der Waals surface area contributed by atoms with Crippen LogP contribution in [0.3, 0.4) is 0 Å². The first kappa shape index (κ1) is 15.4. The Morgan fingerprint density at radius 1 is 1.16 bits per heavy atom. The number of rotatable bonds is 9. The molecule has 108 valence electrons. The lowest BCUT2D eigenvalue weighted by molar-refractivity contribution is 0.244. The Balaban J connectivity index is 2.73. The van der Waals surface area contributed by atoms with Crippen molar-refractivity contribution in [2.75, 3.05) is 36.9 Å². The highest BCUT2D eigenvalue weighted by molar-refractivity contribution is 5.35. The van der Waals surface area contributed by atoms with Crippen LogP contribution < -0.4 is 15.4 Å². The summed E-state index contributed by atoms with van der Waals surface area (Å²) in [5, 5.41) is 15.1. The van der Waals surface area contributed by atoms with Gasteiger partial charge in [0.2, 0.25) is 11.9 Å². The maximum Gasteiger partial charge on any atom is 0.323 e. The van der Waals surface area contributed by atoms with E-state index in [9.17, 15) is 0 Å². The minimum absolute atomic E-state index is 0.122. The predicted molar refractivity (Wildman–Crippen MR) is 74.5 cm³/mol. The van der Waals surface area contributed by atoms with Crippen LogP contribution in [0.4, 0.5) is 11.9 Å². The molecule has 1 heterocycles. The summed E-state index contributed by atoms with van der Waals surface area (Å²) in [4.78, 5) is 12.6. The van der Waals surface area contributed by atoms with E-state index in [1.54, 1.807) is 0 Å². The third-order valence-electron chi connectivity index (χ3n) is 2.31. The number of nitrogens with one attached hydrogen (secondary N) is 2. The molecule has 19 heavy (non-hydrogen) atoms. The van der Waals surface area contributed by atoms with Crippen LogP contribution in [-0.2, 0) is 0 Å². The lowest BCUT2D eigenvalue weighted by Gasteiger charge is -2.11. The van der Waals surface area contributed by atoms with Crippen molar-refractivity contribution in [2.24, 2.45) is 5.92 Å². The number of aromatic nitrogens is 3. The van der Waals surface area contributed by atoms with Crippen LogP contribution in [0.2, 0.25) is 0 Å². The summed E-state index contributed by atoms with van der Waals surface area (Å²) in [7, 11) is 0. The second-order valence-electron chi connectivity index (χ2n) is 4.31. The quantitative estimate of drug-likeness (QED) is 0.619. The van der Waals surface area contributed by atoms with Gasteiger partial charge in [0.1, 0.15) is 0 Å². The SMILES string of the molecule is CCCOc1nc(NCC)nc(NCC(C)CO)n1. The summed E-state index contributed by atoms with van der Waals surface area (Å²) in [6.07, 6.45) is 0.895. The van der Waals surface area contributed by atoms with Gasteiger partial charge in [-0.25, -0.2) is 0 Å². The fourth-order valence-electron chi connectivity index (χ4n) is 1.26. The maximum atomic E-state index is 8.99. The topological polar surface area (TPSA) is 92.2 Å². The van der Waals surface area contributed by atoms with Gasteiger partial charge in [0, 0.05) is 19.7 Å². The van der Waals surface area contributed by atoms with Crippen LogP contribution >= 0.6 is 0 Å².